The highest BCUT2D eigenvalue weighted by Gasteiger charge is 2.46. The SMILES string of the molecule is CC(C)CCC[C@@H](C)[C@H]1CCC[C@@H]2CC=C3C[C@@H](S)CC[C@]3(C)[C@H]2CCC1C. The van der Waals surface area contributed by atoms with Gasteiger partial charge in [-0.3, -0.25) is 0 Å². The molecule has 0 aromatic heterocycles. The van der Waals surface area contributed by atoms with Gasteiger partial charge in [-0.1, -0.05) is 78.4 Å². The van der Waals surface area contributed by atoms with E-state index in [0.717, 1.165) is 35.5 Å². The van der Waals surface area contributed by atoms with Gasteiger partial charge in [-0.25, -0.2) is 0 Å². The van der Waals surface area contributed by atoms with Gasteiger partial charge >= 0.3 is 0 Å². The summed E-state index contributed by atoms with van der Waals surface area (Å²) in [6.07, 6.45) is 19.7. The molecule has 7 atom stereocenters. The van der Waals surface area contributed by atoms with Crippen molar-refractivity contribution in [3.63, 3.8) is 0 Å². The minimum Gasteiger partial charge on any atom is -0.176 e. The molecule has 3 aliphatic rings. The van der Waals surface area contributed by atoms with Gasteiger partial charge in [0.2, 0.25) is 0 Å². The van der Waals surface area contributed by atoms with Crippen LogP contribution in [-0.4, -0.2) is 5.25 Å². The highest BCUT2D eigenvalue weighted by Crippen LogP contribution is 2.56. The molecule has 0 aromatic rings. The van der Waals surface area contributed by atoms with E-state index in [1.807, 2.05) is 0 Å². The van der Waals surface area contributed by atoms with Gasteiger partial charge < -0.3 is 0 Å². The summed E-state index contributed by atoms with van der Waals surface area (Å²) in [4.78, 5) is 0. The number of fused-ring (bicyclic) bond motifs is 3. The van der Waals surface area contributed by atoms with E-state index in [-0.39, 0.29) is 0 Å². The van der Waals surface area contributed by atoms with Crippen LogP contribution >= 0.6 is 12.6 Å². The minimum atomic E-state index is 0.491. The van der Waals surface area contributed by atoms with Gasteiger partial charge in [-0.15, -0.1) is 0 Å². The Balaban J connectivity index is 1.65. The first-order chi connectivity index (χ1) is 13.3. The summed E-state index contributed by atoms with van der Waals surface area (Å²) in [7, 11) is 0. The fraction of sp³-hybridized carbons (Fsp3) is 0.926. The van der Waals surface area contributed by atoms with Crippen molar-refractivity contribution < 1.29 is 0 Å². The summed E-state index contributed by atoms with van der Waals surface area (Å²) in [5, 5.41) is 0.613. The van der Waals surface area contributed by atoms with Crippen LogP contribution in [0.4, 0.5) is 0 Å². The Morgan fingerprint density at radius 1 is 1.07 bits per heavy atom. The van der Waals surface area contributed by atoms with Gasteiger partial charge in [-0.05, 0) is 85.9 Å². The molecule has 1 heteroatoms. The molecule has 0 bridgehead atoms. The van der Waals surface area contributed by atoms with E-state index < -0.39 is 0 Å². The van der Waals surface area contributed by atoms with E-state index in [9.17, 15) is 0 Å². The smallest absolute Gasteiger partial charge is 0.00545 e. The van der Waals surface area contributed by atoms with E-state index in [1.165, 1.54) is 77.0 Å². The number of rotatable bonds is 5. The molecule has 1 unspecified atom stereocenters. The summed E-state index contributed by atoms with van der Waals surface area (Å²) in [6, 6.07) is 0. The predicted molar refractivity (Wildman–Crippen MR) is 128 cm³/mol. The molecule has 2 saturated carbocycles. The summed E-state index contributed by atoms with van der Waals surface area (Å²) in [6.45, 7) is 12.5. The second-order valence-corrected chi connectivity index (χ2v) is 12.3. The Kier molecular flexibility index (Phi) is 8.08. The van der Waals surface area contributed by atoms with E-state index in [2.05, 4.69) is 40.7 Å². The van der Waals surface area contributed by atoms with Crippen molar-refractivity contribution in [2.24, 2.45) is 40.9 Å². The maximum Gasteiger partial charge on any atom is 0.00545 e. The molecule has 0 aromatic carbocycles. The van der Waals surface area contributed by atoms with Crippen LogP contribution in [0.15, 0.2) is 11.6 Å². The number of thiol groups is 1. The average molecular weight is 405 g/mol. The van der Waals surface area contributed by atoms with Crippen LogP contribution in [0.3, 0.4) is 0 Å². The monoisotopic (exact) mass is 404 g/mol. The Labute approximate surface area is 182 Å². The molecular formula is C27H48S. The Hall–Kier alpha value is 0.0900. The predicted octanol–water partition coefficient (Wildman–Crippen LogP) is 8.72. The number of hydrogen-bond acceptors (Lipinski definition) is 1. The van der Waals surface area contributed by atoms with E-state index in [0.29, 0.717) is 10.7 Å². The van der Waals surface area contributed by atoms with Crippen LogP contribution in [0.5, 0.6) is 0 Å². The maximum atomic E-state index is 4.84. The zero-order valence-electron chi connectivity index (χ0n) is 19.6. The highest BCUT2D eigenvalue weighted by molar-refractivity contribution is 7.80. The van der Waals surface area contributed by atoms with Crippen molar-refractivity contribution in [3.8, 4) is 0 Å². The topological polar surface area (TPSA) is 0 Å². The Bertz CT molecular complexity index is 520. The van der Waals surface area contributed by atoms with E-state index >= 15 is 0 Å². The van der Waals surface area contributed by atoms with Crippen molar-refractivity contribution in [2.75, 3.05) is 0 Å². The lowest BCUT2D eigenvalue weighted by molar-refractivity contribution is 0.0907. The highest BCUT2D eigenvalue weighted by atomic mass is 32.1. The van der Waals surface area contributed by atoms with Crippen molar-refractivity contribution in [1.29, 1.82) is 0 Å². The third kappa shape index (κ3) is 5.22. The van der Waals surface area contributed by atoms with Crippen molar-refractivity contribution in [2.45, 2.75) is 117 Å². The lowest BCUT2D eigenvalue weighted by Crippen LogP contribution is -2.41. The quantitative estimate of drug-likeness (QED) is 0.343. The van der Waals surface area contributed by atoms with E-state index in [4.69, 9.17) is 12.6 Å². The normalized spacial score (nSPS) is 40.5. The molecule has 0 saturated heterocycles. The van der Waals surface area contributed by atoms with Gasteiger partial charge in [-0.2, -0.15) is 12.6 Å². The Morgan fingerprint density at radius 2 is 1.86 bits per heavy atom. The minimum absolute atomic E-state index is 0.491. The summed E-state index contributed by atoms with van der Waals surface area (Å²) in [5.74, 6) is 5.53. The van der Waals surface area contributed by atoms with Gasteiger partial charge in [0.05, 0.1) is 0 Å². The van der Waals surface area contributed by atoms with Crippen LogP contribution in [0, 0.1) is 40.9 Å². The summed E-state index contributed by atoms with van der Waals surface area (Å²) < 4.78 is 0. The summed E-state index contributed by atoms with van der Waals surface area (Å²) in [5.41, 5.74) is 2.27. The standard InChI is InChI=1S/C27H48S/c1-19(2)8-6-9-20(3)25-11-7-10-22-13-14-23-18-24(28)16-17-27(23,5)26(22)15-12-21(25)4/h14,19-22,24-26,28H,6-13,15-18H2,1-5H3/t20-,21?,22-,24+,25-,26+,27+/m1/s1. The first kappa shape index (κ1) is 22.8. The Morgan fingerprint density at radius 3 is 2.61 bits per heavy atom. The number of allylic oxidation sites excluding steroid dienone is 2. The van der Waals surface area contributed by atoms with Crippen LogP contribution < -0.4 is 0 Å². The molecule has 0 nitrogen and oxygen atoms in total. The molecular weight excluding hydrogens is 356 g/mol. The van der Waals surface area contributed by atoms with E-state index in [1.54, 1.807) is 5.57 Å². The maximum absolute atomic E-state index is 4.84. The van der Waals surface area contributed by atoms with Gasteiger partial charge in [0.15, 0.2) is 0 Å². The van der Waals surface area contributed by atoms with Crippen LogP contribution in [0.2, 0.25) is 0 Å². The molecule has 0 aliphatic heterocycles. The molecule has 0 N–H and O–H groups in total. The number of hydrogen-bond donors (Lipinski definition) is 1. The first-order valence-corrected chi connectivity index (χ1v) is 13.2. The average Bonchev–Trinajstić information content (AvgIpc) is 2.71. The van der Waals surface area contributed by atoms with Crippen molar-refractivity contribution >= 4 is 12.6 Å². The second kappa shape index (κ2) is 9.93. The molecule has 0 radical (unpaired) electrons. The van der Waals surface area contributed by atoms with Crippen LogP contribution in [-0.2, 0) is 0 Å². The van der Waals surface area contributed by atoms with Crippen LogP contribution in [0.25, 0.3) is 0 Å². The van der Waals surface area contributed by atoms with Crippen LogP contribution in [0.1, 0.15) is 112 Å². The molecule has 0 amide bonds. The molecule has 0 spiro atoms. The van der Waals surface area contributed by atoms with Gasteiger partial charge in [0.1, 0.15) is 0 Å². The zero-order chi connectivity index (χ0) is 20.3. The van der Waals surface area contributed by atoms with Crippen molar-refractivity contribution in [3.05, 3.63) is 11.6 Å². The van der Waals surface area contributed by atoms with Gasteiger partial charge in [0, 0.05) is 5.25 Å². The summed E-state index contributed by atoms with van der Waals surface area (Å²) >= 11 is 4.84. The first-order valence-electron chi connectivity index (χ1n) is 12.7. The third-order valence-corrected chi connectivity index (χ3v) is 9.63. The van der Waals surface area contributed by atoms with Gasteiger partial charge in [0.25, 0.3) is 0 Å². The second-order valence-electron chi connectivity index (χ2n) is 11.6. The molecule has 0 heterocycles. The fourth-order valence-corrected chi connectivity index (χ4v) is 7.60. The largest absolute Gasteiger partial charge is 0.176 e. The molecule has 162 valence electrons. The molecule has 2 fully saturated rings. The third-order valence-electron chi connectivity index (χ3n) is 9.19. The lowest BCUT2D eigenvalue weighted by atomic mass is 9.55. The molecule has 3 aliphatic carbocycles. The molecule has 3 rings (SSSR count). The molecule has 28 heavy (non-hydrogen) atoms. The fourth-order valence-electron chi connectivity index (χ4n) is 7.27. The van der Waals surface area contributed by atoms with Crippen molar-refractivity contribution in [1.82, 2.24) is 0 Å². The zero-order valence-corrected chi connectivity index (χ0v) is 20.4. The lowest BCUT2D eigenvalue weighted by Gasteiger charge is -2.51.